The molecule has 0 spiro atoms. The van der Waals surface area contributed by atoms with Gasteiger partial charge in [-0.3, -0.25) is 0 Å². The molecular formula is C29H17N3O2Te. The second kappa shape index (κ2) is 7.84. The van der Waals surface area contributed by atoms with E-state index in [1.807, 2.05) is 73.1 Å². The number of ketones is 2. The first-order valence-electron chi connectivity index (χ1n) is 11.3. The van der Waals surface area contributed by atoms with E-state index in [0.29, 0.717) is 17.5 Å². The molecule has 0 radical (unpaired) electrons. The fraction of sp³-hybridized carbons (Fsp3) is 0.0345. The first kappa shape index (κ1) is 20.5. The molecule has 0 bridgehead atoms. The Kier molecular flexibility index (Phi) is 4.60. The van der Waals surface area contributed by atoms with Crippen LogP contribution in [0.1, 0.15) is 27.1 Å². The van der Waals surface area contributed by atoms with E-state index >= 15 is 0 Å². The van der Waals surface area contributed by atoms with Gasteiger partial charge in [-0.2, -0.15) is 0 Å². The van der Waals surface area contributed by atoms with Gasteiger partial charge in [0.2, 0.25) is 0 Å². The molecule has 166 valence electrons. The van der Waals surface area contributed by atoms with Gasteiger partial charge in [0.1, 0.15) is 0 Å². The van der Waals surface area contributed by atoms with Crippen LogP contribution in [0.25, 0.3) is 10.8 Å². The fourth-order valence-corrected chi connectivity index (χ4v) is 7.72. The van der Waals surface area contributed by atoms with Gasteiger partial charge in [0.25, 0.3) is 0 Å². The number of hydrogen-bond acceptors (Lipinski definition) is 5. The molecule has 35 heavy (non-hydrogen) atoms. The molecule has 2 aliphatic carbocycles. The third kappa shape index (κ3) is 3.22. The number of rotatable bonds is 2. The van der Waals surface area contributed by atoms with Gasteiger partial charge in [0, 0.05) is 0 Å². The van der Waals surface area contributed by atoms with Crippen molar-refractivity contribution in [3.8, 4) is 0 Å². The number of carbonyl (C=O) groups is 2. The van der Waals surface area contributed by atoms with E-state index in [-0.39, 0.29) is 17.1 Å². The Morgan fingerprint density at radius 2 is 1.37 bits per heavy atom. The second-order valence-electron chi connectivity index (χ2n) is 8.63. The molecule has 2 aromatic heterocycles. The average Bonchev–Trinajstić information content (AvgIpc) is 3.44. The van der Waals surface area contributed by atoms with Crippen LogP contribution in [0.5, 0.6) is 0 Å². The average molecular weight is 567 g/mol. The Morgan fingerprint density at radius 1 is 0.771 bits per heavy atom. The molecule has 3 aliphatic rings. The van der Waals surface area contributed by atoms with Gasteiger partial charge >= 0.3 is 188 Å². The van der Waals surface area contributed by atoms with Gasteiger partial charge in [0.15, 0.2) is 0 Å². The Labute approximate surface area is 211 Å². The monoisotopic (exact) mass is 569 g/mol. The molecular weight excluding hydrogens is 550 g/mol. The number of pyridine rings is 2. The van der Waals surface area contributed by atoms with E-state index in [4.69, 9.17) is 0 Å². The van der Waals surface area contributed by atoms with Crippen molar-refractivity contribution in [1.82, 2.24) is 9.97 Å². The Balaban J connectivity index is 1.22. The van der Waals surface area contributed by atoms with Crippen LogP contribution in [0, 0.1) is 0 Å². The number of carbonyl (C=O) groups excluding carboxylic acids is 2. The van der Waals surface area contributed by atoms with E-state index < -0.39 is 20.9 Å². The van der Waals surface area contributed by atoms with Crippen molar-refractivity contribution in [2.24, 2.45) is 0 Å². The van der Waals surface area contributed by atoms with Crippen LogP contribution in [-0.4, -0.2) is 42.5 Å². The summed E-state index contributed by atoms with van der Waals surface area (Å²) >= 11 is -0.564. The number of hydrogen-bond donors (Lipinski definition) is 0. The van der Waals surface area contributed by atoms with Crippen molar-refractivity contribution >= 4 is 62.1 Å². The van der Waals surface area contributed by atoms with Gasteiger partial charge in [0.05, 0.1) is 0 Å². The standard InChI is InChI=1S/C29H17N3O2Te/c33-26-21-15-18-5-1-2-6-19(18)16-22(21)27(34)23(26)14-17-9-10-20(13-17)32-28-24(7-3-11-30-28)35-25-8-4-12-31-29(25)32/h1-12,14-16H,13H2. The van der Waals surface area contributed by atoms with Crippen LogP contribution >= 0.6 is 0 Å². The second-order valence-corrected chi connectivity index (χ2v) is 11.7. The van der Waals surface area contributed by atoms with Crippen LogP contribution in [0.4, 0.5) is 11.6 Å². The van der Waals surface area contributed by atoms with Gasteiger partial charge in [-0.05, 0) is 0 Å². The summed E-state index contributed by atoms with van der Waals surface area (Å²) in [6.45, 7) is 0. The first-order chi connectivity index (χ1) is 17.2. The summed E-state index contributed by atoms with van der Waals surface area (Å²) in [5.41, 5.74) is 3.17. The minimum absolute atomic E-state index is 0.201. The summed E-state index contributed by atoms with van der Waals surface area (Å²) in [6, 6.07) is 19.7. The van der Waals surface area contributed by atoms with Gasteiger partial charge in [-0.15, -0.1) is 0 Å². The van der Waals surface area contributed by atoms with Crippen LogP contribution in [0.3, 0.4) is 0 Å². The zero-order valence-electron chi connectivity index (χ0n) is 18.4. The molecule has 7 rings (SSSR count). The topological polar surface area (TPSA) is 63.2 Å². The molecule has 1 aliphatic heterocycles. The molecule has 0 saturated carbocycles. The van der Waals surface area contributed by atoms with Crippen molar-refractivity contribution in [1.29, 1.82) is 0 Å². The van der Waals surface area contributed by atoms with E-state index in [0.717, 1.165) is 33.7 Å². The molecule has 0 unspecified atom stereocenters. The van der Waals surface area contributed by atoms with Crippen LogP contribution in [0.2, 0.25) is 0 Å². The Morgan fingerprint density at radius 3 is 1.97 bits per heavy atom. The van der Waals surface area contributed by atoms with Crippen LogP contribution < -0.4 is 12.1 Å². The van der Waals surface area contributed by atoms with E-state index in [1.165, 1.54) is 7.22 Å². The SMILES string of the molecule is O=C1C(=CC2=CC=C(N3c4ncccc4[Te]c4cccnc43)C2)C(=O)c2cc3ccccc3cc21. The van der Waals surface area contributed by atoms with Gasteiger partial charge in [-0.25, -0.2) is 0 Å². The summed E-state index contributed by atoms with van der Waals surface area (Å²) in [4.78, 5) is 37.9. The minimum atomic E-state index is -0.564. The van der Waals surface area contributed by atoms with E-state index in [2.05, 4.69) is 27.0 Å². The van der Waals surface area contributed by atoms with E-state index in [1.54, 1.807) is 6.08 Å². The van der Waals surface area contributed by atoms with Crippen molar-refractivity contribution in [3.05, 3.63) is 119 Å². The molecule has 0 N–H and O–H groups in total. The molecule has 6 heteroatoms. The molecule has 0 saturated heterocycles. The predicted molar refractivity (Wildman–Crippen MR) is 137 cm³/mol. The molecule has 0 amide bonds. The number of Topliss-reactive ketones (excluding diaryl/α,β-unsaturated/α-hetero) is 2. The van der Waals surface area contributed by atoms with Crippen LogP contribution in [0.15, 0.2) is 108 Å². The number of fused-ring (bicyclic) bond motifs is 4. The fourth-order valence-electron chi connectivity index (χ4n) is 4.86. The number of benzene rings is 2. The Bertz CT molecular complexity index is 1600. The first-order valence-corrected chi connectivity index (χ1v) is 13.6. The molecule has 0 fully saturated rings. The maximum atomic E-state index is 13.2. The van der Waals surface area contributed by atoms with Crippen LogP contribution in [-0.2, 0) is 0 Å². The number of allylic oxidation sites excluding steroid dienone is 5. The summed E-state index contributed by atoms with van der Waals surface area (Å²) in [7, 11) is 0. The molecule has 0 atom stereocenters. The van der Waals surface area contributed by atoms with Crippen molar-refractivity contribution in [3.63, 3.8) is 0 Å². The summed E-state index contributed by atoms with van der Waals surface area (Å²) in [5.74, 6) is 1.46. The summed E-state index contributed by atoms with van der Waals surface area (Å²) < 4.78 is 2.55. The zero-order chi connectivity index (χ0) is 23.5. The molecule has 5 nitrogen and oxygen atoms in total. The predicted octanol–water partition coefficient (Wildman–Crippen LogP) is 3.96. The molecule has 3 heterocycles. The molecule has 2 aromatic carbocycles. The normalized spacial score (nSPS) is 16.1. The van der Waals surface area contributed by atoms with Gasteiger partial charge < -0.3 is 0 Å². The third-order valence-corrected chi connectivity index (χ3v) is 9.58. The third-order valence-electron chi connectivity index (χ3n) is 6.50. The van der Waals surface area contributed by atoms with Gasteiger partial charge in [-0.1, -0.05) is 24.3 Å². The molecule has 4 aromatic rings. The number of anilines is 2. The number of nitrogens with zero attached hydrogens (tertiary/aromatic N) is 3. The maximum absolute atomic E-state index is 13.2. The summed E-state index contributed by atoms with van der Waals surface area (Å²) in [5, 5.41) is 1.92. The Hall–Kier alpha value is -3.85. The zero-order valence-corrected chi connectivity index (χ0v) is 20.8. The summed E-state index contributed by atoms with van der Waals surface area (Å²) in [6.07, 6.45) is 10.0. The number of aromatic nitrogens is 2. The van der Waals surface area contributed by atoms with Crippen molar-refractivity contribution in [2.45, 2.75) is 6.42 Å². The quantitative estimate of drug-likeness (QED) is 0.209. The van der Waals surface area contributed by atoms with Crippen molar-refractivity contribution < 1.29 is 9.59 Å². The van der Waals surface area contributed by atoms with Crippen molar-refractivity contribution in [2.75, 3.05) is 4.90 Å². The van der Waals surface area contributed by atoms with E-state index in [9.17, 15) is 9.59 Å².